The van der Waals surface area contributed by atoms with Crippen molar-refractivity contribution in [1.29, 1.82) is 5.41 Å². The van der Waals surface area contributed by atoms with Gasteiger partial charge in [-0.25, -0.2) is 0 Å². The Morgan fingerprint density at radius 3 is 2.00 bits per heavy atom. The van der Waals surface area contributed by atoms with Crippen LogP contribution in [0.3, 0.4) is 0 Å². The number of amidine groups is 1. The van der Waals surface area contributed by atoms with Crippen LogP contribution in [0, 0.1) is 5.41 Å². The van der Waals surface area contributed by atoms with Gasteiger partial charge in [0.15, 0.2) is 5.78 Å². The molecule has 0 aromatic heterocycles. The van der Waals surface area contributed by atoms with Crippen molar-refractivity contribution in [3.63, 3.8) is 0 Å². The smallest absolute Gasteiger partial charge is 0.189 e. The summed E-state index contributed by atoms with van der Waals surface area (Å²) in [6, 6.07) is 7.99. The van der Waals surface area contributed by atoms with Gasteiger partial charge in [-0.1, -0.05) is 12.1 Å². The lowest BCUT2D eigenvalue weighted by molar-refractivity contribution is -0.114. The molecule has 5 heteroatoms. The van der Waals surface area contributed by atoms with Crippen molar-refractivity contribution in [3.05, 3.63) is 35.7 Å². The number of fused-ring (bicyclic) bond motifs is 1. The number of hydrogen-bond donors (Lipinski definition) is 1. The molecule has 19 heavy (non-hydrogen) atoms. The van der Waals surface area contributed by atoms with Crippen LogP contribution < -0.4 is 9.80 Å². The molecule has 0 radical (unpaired) electrons. The van der Waals surface area contributed by atoms with Gasteiger partial charge in [0, 0.05) is 21.1 Å². The molecule has 1 aromatic carbocycles. The molecule has 2 heterocycles. The average molecular weight is 256 g/mol. The molecule has 98 valence electrons. The molecule has 2 aliphatic rings. The van der Waals surface area contributed by atoms with Crippen molar-refractivity contribution in [2.75, 3.05) is 37.5 Å². The Morgan fingerprint density at radius 1 is 1.05 bits per heavy atom. The molecule has 0 atom stereocenters. The quantitative estimate of drug-likeness (QED) is 0.710. The number of nitrogens with zero attached hydrogens (tertiary/aromatic N) is 3. The van der Waals surface area contributed by atoms with E-state index in [1.54, 1.807) is 11.9 Å². The first kappa shape index (κ1) is 11.8. The van der Waals surface area contributed by atoms with Crippen molar-refractivity contribution in [2.24, 2.45) is 0 Å². The molecule has 0 saturated carbocycles. The van der Waals surface area contributed by atoms with E-state index >= 15 is 0 Å². The van der Waals surface area contributed by atoms with E-state index in [0.717, 1.165) is 17.2 Å². The third kappa shape index (κ3) is 1.47. The molecule has 0 aliphatic carbocycles. The zero-order valence-electron chi connectivity index (χ0n) is 11.3. The fourth-order valence-corrected chi connectivity index (χ4v) is 2.75. The number of rotatable bonds is 0. The number of ketones is 1. The lowest BCUT2D eigenvalue weighted by Gasteiger charge is -2.20. The minimum absolute atomic E-state index is 0.00834. The van der Waals surface area contributed by atoms with E-state index in [1.165, 1.54) is 0 Å². The van der Waals surface area contributed by atoms with Gasteiger partial charge in [-0.05, 0) is 12.1 Å². The van der Waals surface area contributed by atoms with Crippen LogP contribution in [0.2, 0.25) is 0 Å². The van der Waals surface area contributed by atoms with Gasteiger partial charge in [0.1, 0.15) is 17.2 Å². The summed E-state index contributed by atoms with van der Waals surface area (Å²) in [5.74, 6) is 1.10. The number of hydrogen-bond acceptors (Lipinski definition) is 4. The summed E-state index contributed by atoms with van der Waals surface area (Å²) in [4.78, 5) is 17.8. The summed E-state index contributed by atoms with van der Waals surface area (Å²) in [6.45, 7) is 0.287. The topological polar surface area (TPSA) is 50.6 Å². The van der Waals surface area contributed by atoms with Gasteiger partial charge in [0.2, 0.25) is 0 Å². The largest absolute Gasteiger partial charge is 0.352 e. The third-order valence-corrected chi connectivity index (χ3v) is 3.74. The van der Waals surface area contributed by atoms with Gasteiger partial charge >= 0.3 is 0 Å². The van der Waals surface area contributed by atoms with Crippen molar-refractivity contribution in [2.45, 2.75) is 0 Å². The van der Waals surface area contributed by atoms with Gasteiger partial charge in [-0.3, -0.25) is 10.2 Å². The maximum atomic E-state index is 12.1. The van der Waals surface area contributed by atoms with Gasteiger partial charge in [0.25, 0.3) is 0 Å². The molecule has 0 bridgehead atoms. The number of para-hydroxylation sites is 2. The van der Waals surface area contributed by atoms with E-state index in [9.17, 15) is 4.79 Å². The standard InChI is InChI=1S/C14H16N4O/c1-16-8-11(19)12(13(16)15)14-17(2)9-6-4-5-7-10(9)18(14)3/h4-7,15H,8H2,1-3H3. The number of anilines is 2. The Balaban J connectivity index is 2.19. The molecular formula is C14H16N4O. The van der Waals surface area contributed by atoms with Crippen molar-refractivity contribution in [1.82, 2.24) is 4.90 Å². The van der Waals surface area contributed by atoms with Crippen LogP contribution in [0.25, 0.3) is 0 Å². The lowest BCUT2D eigenvalue weighted by Crippen LogP contribution is -2.28. The van der Waals surface area contributed by atoms with Crippen LogP contribution in [-0.2, 0) is 4.79 Å². The molecule has 1 fully saturated rings. The number of carbonyl (C=O) groups excluding carboxylic acids is 1. The summed E-state index contributed by atoms with van der Waals surface area (Å²) in [5, 5.41) is 8.09. The second kappa shape index (κ2) is 3.85. The second-order valence-electron chi connectivity index (χ2n) is 4.93. The van der Waals surface area contributed by atoms with Crippen LogP contribution in [0.4, 0.5) is 11.4 Å². The fraction of sp³-hybridized carbons (Fsp3) is 0.286. The Morgan fingerprint density at radius 2 is 1.58 bits per heavy atom. The average Bonchev–Trinajstić information content (AvgIpc) is 2.78. The van der Waals surface area contributed by atoms with Crippen LogP contribution in [0.5, 0.6) is 0 Å². The van der Waals surface area contributed by atoms with Crippen LogP contribution >= 0.6 is 0 Å². The highest BCUT2D eigenvalue weighted by atomic mass is 16.1. The summed E-state index contributed by atoms with van der Waals surface area (Å²) in [7, 11) is 5.64. The van der Waals surface area contributed by atoms with Crippen LogP contribution in [0.15, 0.2) is 35.7 Å². The van der Waals surface area contributed by atoms with Crippen LogP contribution in [0.1, 0.15) is 0 Å². The van der Waals surface area contributed by atoms with E-state index in [-0.39, 0.29) is 12.3 Å². The van der Waals surface area contributed by atoms with E-state index in [0.29, 0.717) is 11.4 Å². The number of nitrogens with one attached hydrogen (secondary N) is 1. The Kier molecular flexibility index (Phi) is 2.38. The lowest BCUT2D eigenvalue weighted by atomic mass is 10.2. The van der Waals surface area contributed by atoms with Crippen molar-refractivity contribution < 1.29 is 4.79 Å². The Bertz CT molecular complexity index is 589. The monoisotopic (exact) mass is 256 g/mol. The number of carbonyl (C=O) groups is 1. The second-order valence-corrected chi connectivity index (χ2v) is 4.93. The molecule has 2 aliphatic heterocycles. The maximum absolute atomic E-state index is 12.1. The summed E-state index contributed by atoms with van der Waals surface area (Å²) in [5.41, 5.74) is 2.62. The van der Waals surface area contributed by atoms with Crippen molar-refractivity contribution in [3.8, 4) is 0 Å². The molecule has 1 saturated heterocycles. The summed E-state index contributed by atoms with van der Waals surface area (Å²) >= 11 is 0. The number of Topliss-reactive ketones (excluding diaryl/α,β-unsaturated/α-hetero) is 1. The minimum atomic E-state index is 0.00834. The molecule has 0 amide bonds. The van der Waals surface area contributed by atoms with E-state index in [2.05, 4.69) is 0 Å². The molecule has 0 spiro atoms. The first-order valence-electron chi connectivity index (χ1n) is 6.16. The molecule has 1 N–H and O–H groups in total. The van der Waals surface area contributed by atoms with E-state index in [4.69, 9.17) is 5.41 Å². The zero-order chi connectivity index (χ0) is 13.7. The first-order chi connectivity index (χ1) is 9.02. The molecular weight excluding hydrogens is 240 g/mol. The predicted octanol–water partition coefficient (Wildman–Crippen LogP) is 1.28. The number of likely N-dealkylation sites (tertiary alicyclic amines) is 1. The van der Waals surface area contributed by atoms with Gasteiger partial charge in [-0.15, -0.1) is 0 Å². The van der Waals surface area contributed by atoms with Gasteiger partial charge < -0.3 is 14.7 Å². The number of benzene rings is 1. The maximum Gasteiger partial charge on any atom is 0.189 e. The van der Waals surface area contributed by atoms with E-state index in [1.807, 2.05) is 48.2 Å². The van der Waals surface area contributed by atoms with E-state index < -0.39 is 0 Å². The zero-order valence-corrected chi connectivity index (χ0v) is 11.3. The Hall–Kier alpha value is -2.30. The van der Waals surface area contributed by atoms with Gasteiger partial charge in [0.05, 0.1) is 17.9 Å². The highest BCUT2D eigenvalue weighted by Crippen LogP contribution is 2.41. The van der Waals surface area contributed by atoms with Crippen molar-refractivity contribution >= 4 is 23.0 Å². The predicted molar refractivity (Wildman–Crippen MR) is 75.6 cm³/mol. The summed E-state index contributed by atoms with van der Waals surface area (Å²) in [6.07, 6.45) is 0. The fourth-order valence-electron chi connectivity index (χ4n) is 2.75. The highest BCUT2D eigenvalue weighted by molar-refractivity contribution is 6.27. The Labute approximate surface area is 112 Å². The SMILES string of the molecule is CN1CC(=O)C(=C2N(C)c3ccccc3N2C)C1=N. The molecule has 3 rings (SSSR count). The molecule has 5 nitrogen and oxygen atoms in total. The van der Waals surface area contributed by atoms with Crippen LogP contribution in [-0.4, -0.2) is 44.2 Å². The number of likely N-dealkylation sites (N-methyl/N-ethyl adjacent to an activating group) is 1. The molecule has 0 unspecified atom stereocenters. The summed E-state index contributed by atoms with van der Waals surface area (Å²) < 4.78 is 0. The van der Waals surface area contributed by atoms with Gasteiger partial charge in [-0.2, -0.15) is 0 Å². The third-order valence-electron chi connectivity index (χ3n) is 3.74. The molecule has 1 aromatic rings. The minimum Gasteiger partial charge on any atom is -0.352 e. The normalized spacial score (nSPS) is 18.8. The first-order valence-corrected chi connectivity index (χ1v) is 6.16. The highest BCUT2D eigenvalue weighted by Gasteiger charge is 2.37.